The molecule has 0 atom stereocenters. The average Bonchev–Trinajstić information content (AvgIpc) is 1.85. The van der Waals surface area contributed by atoms with Crippen LogP contribution in [0.15, 0.2) is 12.3 Å². The molecule has 1 aromatic heterocycles. The minimum atomic E-state index is -0.536. The maximum atomic E-state index is 10.6. The Bertz CT molecular complexity index is 303. The van der Waals surface area contributed by atoms with E-state index in [0.717, 1.165) is 0 Å². The highest BCUT2D eigenvalue weighted by molar-refractivity contribution is 14.1. The lowest BCUT2D eigenvalue weighted by molar-refractivity contribution is 0.0994. The van der Waals surface area contributed by atoms with E-state index < -0.39 is 5.91 Å². The molecule has 0 aromatic carbocycles. The van der Waals surface area contributed by atoms with Crippen molar-refractivity contribution in [3.63, 3.8) is 0 Å². The van der Waals surface area contributed by atoms with Crippen molar-refractivity contribution in [2.24, 2.45) is 5.73 Å². The summed E-state index contributed by atoms with van der Waals surface area (Å²) in [5, 5.41) is 0.499. The second-order valence-corrected chi connectivity index (χ2v) is 3.45. The second-order valence-electron chi connectivity index (χ2n) is 1.85. The normalized spacial score (nSPS) is 9.64. The molecule has 3 nitrogen and oxygen atoms in total. The molecule has 1 aromatic rings. The summed E-state index contributed by atoms with van der Waals surface area (Å²) in [7, 11) is 0. The summed E-state index contributed by atoms with van der Waals surface area (Å²) >= 11 is 7.56. The van der Waals surface area contributed by atoms with E-state index >= 15 is 0 Å². The van der Waals surface area contributed by atoms with Crippen molar-refractivity contribution >= 4 is 40.1 Å². The largest absolute Gasteiger partial charge is 0.364 e. The van der Waals surface area contributed by atoms with E-state index in [1.807, 2.05) is 22.6 Å². The van der Waals surface area contributed by atoms with E-state index in [4.69, 9.17) is 17.3 Å². The number of primary amides is 1. The lowest BCUT2D eigenvalue weighted by atomic mass is 10.3. The van der Waals surface area contributed by atoms with Gasteiger partial charge in [-0.1, -0.05) is 11.6 Å². The lowest BCUT2D eigenvalue weighted by Crippen LogP contribution is -2.14. The van der Waals surface area contributed by atoms with Crippen molar-refractivity contribution in [1.82, 2.24) is 4.98 Å². The van der Waals surface area contributed by atoms with Crippen LogP contribution in [0.3, 0.4) is 0 Å². The maximum Gasteiger partial charge on any atom is 0.268 e. The molecule has 0 saturated carbocycles. The molecular formula is C6H4ClIN2O. The Hall–Kier alpha value is -0.360. The number of carbonyl (C=O) groups excluding carboxylic acids is 1. The van der Waals surface area contributed by atoms with Crippen molar-refractivity contribution in [3.8, 4) is 0 Å². The van der Waals surface area contributed by atoms with E-state index in [2.05, 4.69) is 4.98 Å². The van der Waals surface area contributed by atoms with Gasteiger partial charge in [0.1, 0.15) is 5.69 Å². The topological polar surface area (TPSA) is 56.0 Å². The third-order valence-electron chi connectivity index (χ3n) is 1.04. The van der Waals surface area contributed by atoms with Crippen molar-refractivity contribution in [2.45, 2.75) is 0 Å². The van der Waals surface area contributed by atoms with Crippen LogP contribution in [0.4, 0.5) is 0 Å². The SMILES string of the molecule is NC(=O)c1ncc(Cl)cc1I. The van der Waals surface area contributed by atoms with E-state index in [1.54, 1.807) is 6.07 Å². The van der Waals surface area contributed by atoms with E-state index in [1.165, 1.54) is 6.20 Å². The molecule has 58 valence electrons. The van der Waals surface area contributed by atoms with Crippen LogP contribution in [0.5, 0.6) is 0 Å². The Morgan fingerprint density at radius 2 is 2.36 bits per heavy atom. The van der Waals surface area contributed by atoms with Crippen LogP contribution >= 0.6 is 34.2 Å². The summed E-state index contributed by atoms with van der Waals surface area (Å²) in [6.07, 6.45) is 1.39. The first-order chi connectivity index (χ1) is 5.11. The van der Waals surface area contributed by atoms with Crippen molar-refractivity contribution < 1.29 is 4.79 Å². The third kappa shape index (κ3) is 2.03. The first-order valence-electron chi connectivity index (χ1n) is 2.72. The second kappa shape index (κ2) is 3.36. The molecule has 0 unspecified atom stereocenters. The fourth-order valence-electron chi connectivity index (χ4n) is 0.596. The van der Waals surface area contributed by atoms with Crippen LogP contribution in [-0.4, -0.2) is 10.9 Å². The number of aromatic nitrogens is 1. The standard InChI is InChI=1S/C6H4ClIN2O/c7-3-1-4(8)5(6(9)11)10-2-3/h1-2H,(H2,9,11). The summed E-state index contributed by atoms with van der Waals surface area (Å²) in [6, 6.07) is 1.63. The molecular weight excluding hydrogens is 278 g/mol. The quantitative estimate of drug-likeness (QED) is 0.792. The number of nitrogens with zero attached hydrogens (tertiary/aromatic N) is 1. The van der Waals surface area contributed by atoms with Crippen LogP contribution in [-0.2, 0) is 0 Å². The van der Waals surface area contributed by atoms with Gasteiger partial charge in [0.2, 0.25) is 0 Å². The summed E-state index contributed by atoms with van der Waals surface area (Å²) in [4.78, 5) is 14.4. The summed E-state index contributed by atoms with van der Waals surface area (Å²) in [5.41, 5.74) is 5.27. The molecule has 0 bridgehead atoms. The molecule has 0 spiro atoms. The minimum Gasteiger partial charge on any atom is -0.364 e. The molecule has 0 aliphatic heterocycles. The molecule has 0 aliphatic rings. The molecule has 1 rings (SSSR count). The maximum absolute atomic E-state index is 10.6. The van der Waals surface area contributed by atoms with Gasteiger partial charge in [0.25, 0.3) is 5.91 Å². The molecule has 1 amide bonds. The predicted octanol–water partition coefficient (Wildman–Crippen LogP) is 1.44. The van der Waals surface area contributed by atoms with Gasteiger partial charge >= 0.3 is 0 Å². The summed E-state index contributed by atoms with van der Waals surface area (Å²) < 4.78 is 0.669. The molecule has 11 heavy (non-hydrogen) atoms. The Kier molecular flexibility index (Phi) is 2.67. The van der Waals surface area contributed by atoms with E-state index in [-0.39, 0.29) is 5.69 Å². The van der Waals surface area contributed by atoms with E-state index in [9.17, 15) is 4.79 Å². The number of amides is 1. The summed E-state index contributed by atoms with van der Waals surface area (Å²) in [5.74, 6) is -0.536. The Morgan fingerprint density at radius 1 is 1.73 bits per heavy atom. The molecule has 0 radical (unpaired) electrons. The Morgan fingerprint density at radius 3 is 2.82 bits per heavy atom. The first-order valence-corrected chi connectivity index (χ1v) is 4.18. The van der Waals surface area contributed by atoms with Gasteiger partial charge in [0.15, 0.2) is 0 Å². The van der Waals surface area contributed by atoms with Crippen LogP contribution in [0.2, 0.25) is 5.02 Å². The molecule has 0 aliphatic carbocycles. The lowest BCUT2D eigenvalue weighted by Gasteiger charge is -1.97. The number of hydrogen-bond acceptors (Lipinski definition) is 2. The van der Waals surface area contributed by atoms with Crippen molar-refractivity contribution in [3.05, 3.63) is 26.5 Å². The van der Waals surface area contributed by atoms with Crippen LogP contribution in [0, 0.1) is 3.57 Å². The highest BCUT2D eigenvalue weighted by Gasteiger charge is 2.06. The van der Waals surface area contributed by atoms with Crippen LogP contribution in [0.1, 0.15) is 10.5 Å². The molecule has 5 heteroatoms. The molecule has 0 saturated heterocycles. The average molecular weight is 282 g/mol. The van der Waals surface area contributed by atoms with E-state index in [0.29, 0.717) is 8.59 Å². The van der Waals surface area contributed by atoms with Gasteiger partial charge in [0, 0.05) is 9.77 Å². The zero-order chi connectivity index (χ0) is 8.43. The van der Waals surface area contributed by atoms with Crippen molar-refractivity contribution in [2.75, 3.05) is 0 Å². The monoisotopic (exact) mass is 282 g/mol. The Balaban J connectivity index is 3.20. The van der Waals surface area contributed by atoms with Gasteiger partial charge in [0.05, 0.1) is 5.02 Å². The molecule has 0 fully saturated rings. The number of rotatable bonds is 1. The smallest absolute Gasteiger partial charge is 0.268 e. The molecule has 1 heterocycles. The fourth-order valence-corrected chi connectivity index (χ4v) is 1.68. The van der Waals surface area contributed by atoms with Gasteiger partial charge in [-0.05, 0) is 28.7 Å². The minimum absolute atomic E-state index is 0.259. The fraction of sp³-hybridized carbons (Fsp3) is 0. The third-order valence-corrected chi connectivity index (χ3v) is 2.07. The first kappa shape index (κ1) is 8.73. The highest BCUT2D eigenvalue weighted by atomic mass is 127. The number of carbonyl (C=O) groups is 1. The number of halogens is 2. The Labute approximate surface area is 82.1 Å². The molecule has 2 N–H and O–H groups in total. The van der Waals surface area contributed by atoms with Gasteiger partial charge in [-0.2, -0.15) is 0 Å². The zero-order valence-electron chi connectivity index (χ0n) is 5.34. The number of pyridine rings is 1. The summed E-state index contributed by atoms with van der Waals surface area (Å²) in [6.45, 7) is 0. The zero-order valence-corrected chi connectivity index (χ0v) is 8.26. The van der Waals surface area contributed by atoms with Gasteiger partial charge < -0.3 is 5.73 Å². The van der Waals surface area contributed by atoms with Crippen LogP contribution < -0.4 is 5.73 Å². The predicted molar refractivity (Wildman–Crippen MR) is 50.5 cm³/mol. The van der Waals surface area contributed by atoms with Gasteiger partial charge in [-0.25, -0.2) is 4.98 Å². The van der Waals surface area contributed by atoms with Gasteiger partial charge in [-0.15, -0.1) is 0 Å². The van der Waals surface area contributed by atoms with Crippen molar-refractivity contribution in [1.29, 1.82) is 0 Å². The number of nitrogens with two attached hydrogens (primary N) is 1. The van der Waals surface area contributed by atoms with Gasteiger partial charge in [-0.3, -0.25) is 4.79 Å². The van der Waals surface area contributed by atoms with Crippen LogP contribution in [0.25, 0.3) is 0 Å². The number of hydrogen-bond donors (Lipinski definition) is 1. The highest BCUT2D eigenvalue weighted by Crippen LogP contribution is 2.14.